The van der Waals surface area contributed by atoms with E-state index in [2.05, 4.69) is 10.1 Å². The van der Waals surface area contributed by atoms with E-state index in [9.17, 15) is 4.79 Å². The zero-order valence-electron chi connectivity index (χ0n) is 10.6. The van der Waals surface area contributed by atoms with Gasteiger partial charge >= 0.3 is 5.97 Å². The molecular weight excluding hydrogens is 246 g/mol. The average molecular weight is 261 g/mol. The quantitative estimate of drug-likeness (QED) is 0.855. The molecule has 0 bridgehead atoms. The molecule has 0 atom stereocenters. The van der Waals surface area contributed by atoms with Crippen LogP contribution < -0.4 is 4.90 Å². The molecule has 1 heterocycles. The lowest BCUT2D eigenvalue weighted by molar-refractivity contribution is -0.136. The van der Waals surface area contributed by atoms with Gasteiger partial charge in [0.15, 0.2) is 5.82 Å². The smallest absolute Gasteiger partial charge is 0.305 e. The Morgan fingerprint density at radius 3 is 2.84 bits per heavy atom. The maximum atomic E-state index is 10.7. The summed E-state index contributed by atoms with van der Waals surface area (Å²) in [7, 11) is 0. The highest BCUT2D eigenvalue weighted by molar-refractivity contribution is 5.68. The van der Waals surface area contributed by atoms with Gasteiger partial charge in [0.1, 0.15) is 0 Å². The molecule has 0 amide bonds. The van der Waals surface area contributed by atoms with Crippen molar-refractivity contribution >= 4 is 11.7 Å². The maximum absolute atomic E-state index is 10.7. The number of benzene rings is 1. The number of para-hydroxylation sites is 1. The first kappa shape index (κ1) is 13.1. The molecule has 2 aromatic rings. The van der Waals surface area contributed by atoms with Gasteiger partial charge in [-0.3, -0.25) is 4.79 Å². The molecule has 0 radical (unpaired) electrons. The molecule has 2 rings (SSSR count). The predicted molar refractivity (Wildman–Crippen MR) is 68.8 cm³/mol. The van der Waals surface area contributed by atoms with Crippen LogP contribution in [-0.4, -0.2) is 27.8 Å². The molecule has 0 aliphatic rings. The van der Waals surface area contributed by atoms with Gasteiger partial charge in [-0.2, -0.15) is 4.98 Å². The largest absolute Gasteiger partial charge is 0.481 e. The number of nitrogens with zero attached hydrogens (tertiary/aromatic N) is 3. The van der Waals surface area contributed by atoms with Crippen molar-refractivity contribution in [2.75, 3.05) is 11.4 Å². The van der Waals surface area contributed by atoms with Crippen LogP contribution in [0.25, 0.3) is 0 Å². The number of aryl methyl sites for hydroxylation is 1. The topological polar surface area (TPSA) is 79.5 Å². The number of hydrogen-bond donors (Lipinski definition) is 1. The fourth-order valence-corrected chi connectivity index (χ4v) is 1.87. The standard InChI is InChI=1S/C13H15N3O3/c1-10-4-2-3-5-11(10)16(7-6-13(17)18)8-12-14-9-19-15-12/h2-5,9H,6-8H2,1H3,(H,17,18). The Kier molecular flexibility index (Phi) is 4.12. The minimum absolute atomic E-state index is 0.0617. The maximum Gasteiger partial charge on any atom is 0.305 e. The van der Waals surface area contributed by atoms with Gasteiger partial charge in [0.25, 0.3) is 0 Å². The van der Waals surface area contributed by atoms with E-state index in [-0.39, 0.29) is 6.42 Å². The predicted octanol–water partition coefficient (Wildman–Crippen LogP) is 1.86. The Morgan fingerprint density at radius 1 is 1.42 bits per heavy atom. The van der Waals surface area contributed by atoms with Crippen LogP contribution in [0.4, 0.5) is 5.69 Å². The van der Waals surface area contributed by atoms with E-state index in [0.29, 0.717) is 18.9 Å². The average Bonchev–Trinajstić information content (AvgIpc) is 2.88. The summed E-state index contributed by atoms with van der Waals surface area (Å²) < 4.78 is 4.70. The highest BCUT2D eigenvalue weighted by atomic mass is 16.5. The normalized spacial score (nSPS) is 10.4. The summed E-state index contributed by atoms with van der Waals surface area (Å²) in [5, 5.41) is 12.6. The molecule has 0 fully saturated rings. The van der Waals surface area contributed by atoms with E-state index < -0.39 is 5.97 Å². The van der Waals surface area contributed by atoms with Gasteiger partial charge in [0.2, 0.25) is 6.39 Å². The Hall–Kier alpha value is -2.37. The van der Waals surface area contributed by atoms with E-state index in [0.717, 1.165) is 11.3 Å². The molecule has 0 unspecified atom stereocenters. The van der Waals surface area contributed by atoms with Gasteiger partial charge in [-0.05, 0) is 18.6 Å². The van der Waals surface area contributed by atoms with Crippen LogP contribution in [0, 0.1) is 6.92 Å². The first-order chi connectivity index (χ1) is 9.16. The molecule has 0 aliphatic carbocycles. The molecule has 0 aliphatic heterocycles. The van der Waals surface area contributed by atoms with Crippen LogP contribution in [0.5, 0.6) is 0 Å². The number of carbonyl (C=O) groups is 1. The van der Waals surface area contributed by atoms with Gasteiger partial charge in [-0.1, -0.05) is 23.4 Å². The fourth-order valence-electron chi connectivity index (χ4n) is 1.87. The second-order valence-electron chi connectivity index (χ2n) is 4.20. The summed E-state index contributed by atoms with van der Waals surface area (Å²) in [6.07, 6.45) is 1.33. The van der Waals surface area contributed by atoms with Crippen molar-refractivity contribution in [3.05, 3.63) is 42.0 Å². The summed E-state index contributed by atoms with van der Waals surface area (Å²) in [6, 6.07) is 7.81. The monoisotopic (exact) mass is 261 g/mol. The Balaban J connectivity index is 2.18. The molecule has 100 valence electrons. The molecule has 0 spiro atoms. The summed E-state index contributed by atoms with van der Waals surface area (Å²) in [5.41, 5.74) is 2.06. The van der Waals surface area contributed by atoms with Crippen molar-refractivity contribution in [1.82, 2.24) is 10.1 Å². The summed E-state index contributed by atoms with van der Waals surface area (Å²) in [6.45, 7) is 2.81. The number of anilines is 1. The number of aliphatic carboxylic acids is 1. The zero-order chi connectivity index (χ0) is 13.7. The van der Waals surface area contributed by atoms with Gasteiger partial charge < -0.3 is 14.5 Å². The van der Waals surface area contributed by atoms with Gasteiger partial charge in [-0.25, -0.2) is 0 Å². The van der Waals surface area contributed by atoms with Crippen LogP contribution in [0.3, 0.4) is 0 Å². The highest BCUT2D eigenvalue weighted by Gasteiger charge is 2.13. The number of aromatic nitrogens is 2. The molecule has 0 saturated carbocycles. The third-order valence-corrected chi connectivity index (χ3v) is 2.79. The van der Waals surface area contributed by atoms with Crippen LogP contribution in [0.15, 0.2) is 35.2 Å². The SMILES string of the molecule is Cc1ccccc1N(CCC(=O)O)Cc1ncon1. The molecule has 0 saturated heterocycles. The summed E-state index contributed by atoms with van der Waals surface area (Å²) in [5.74, 6) is -0.291. The molecule has 1 aromatic carbocycles. The van der Waals surface area contributed by atoms with E-state index in [1.54, 1.807) is 0 Å². The third-order valence-electron chi connectivity index (χ3n) is 2.79. The van der Waals surface area contributed by atoms with Crippen molar-refractivity contribution in [1.29, 1.82) is 0 Å². The first-order valence-electron chi connectivity index (χ1n) is 5.94. The fraction of sp³-hybridized carbons (Fsp3) is 0.308. The number of carboxylic acid groups (broad SMARTS) is 1. The van der Waals surface area contributed by atoms with Crippen molar-refractivity contribution in [2.24, 2.45) is 0 Å². The lowest BCUT2D eigenvalue weighted by Crippen LogP contribution is -2.26. The lowest BCUT2D eigenvalue weighted by Gasteiger charge is -2.24. The van der Waals surface area contributed by atoms with Crippen LogP contribution in [0.2, 0.25) is 0 Å². The summed E-state index contributed by atoms with van der Waals surface area (Å²) in [4.78, 5) is 16.7. The third kappa shape index (κ3) is 3.54. The summed E-state index contributed by atoms with van der Waals surface area (Å²) >= 11 is 0. The zero-order valence-corrected chi connectivity index (χ0v) is 10.6. The van der Waals surface area contributed by atoms with E-state index >= 15 is 0 Å². The van der Waals surface area contributed by atoms with Crippen molar-refractivity contribution in [3.8, 4) is 0 Å². The second-order valence-corrected chi connectivity index (χ2v) is 4.20. The van der Waals surface area contributed by atoms with Crippen LogP contribution >= 0.6 is 0 Å². The molecule has 6 heteroatoms. The second kappa shape index (κ2) is 5.99. The van der Waals surface area contributed by atoms with Gasteiger partial charge in [0, 0.05) is 12.2 Å². The van der Waals surface area contributed by atoms with E-state index in [1.807, 2.05) is 36.1 Å². The van der Waals surface area contributed by atoms with Gasteiger partial charge in [0.05, 0.1) is 13.0 Å². The molecular formula is C13H15N3O3. The minimum Gasteiger partial charge on any atom is -0.481 e. The van der Waals surface area contributed by atoms with Crippen molar-refractivity contribution in [2.45, 2.75) is 19.9 Å². The molecule has 19 heavy (non-hydrogen) atoms. The lowest BCUT2D eigenvalue weighted by atomic mass is 10.1. The van der Waals surface area contributed by atoms with E-state index in [4.69, 9.17) is 9.63 Å². The number of carboxylic acids is 1. The van der Waals surface area contributed by atoms with Crippen molar-refractivity contribution < 1.29 is 14.4 Å². The Labute approximate surface area is 110 Å². The van der Waals surface area contributed by atoms with Crippen LogP contribution in [0.1, 0.15) is 17.8 Å². The van der Waals surface area contributed by atoms with Crippen molar-refractivity contribution in [3.63, 3.8) is 0 Å². The number of rotatable bonds is 6. The number of hydrogen-bond acceptors (Lipinski definition) is 5. The van der Waals surface area contributed by atoms with Gasteiger partial charge in [-0.15, -0.1) is 0 Å². The Bertz CT molecular complexity index is 540. The first-order valence-corrected chi connectivity index (χ1v) is 5.94. The van der Waals surface area contributed by atoms with Crippen LogP contribution in [-0.2, 0) is 11.3 Å². The molecule has 1 N–H and O–H groups in total. The highest BCUT2D eigenvalue weighted by Crippen LogP contribution is 2.21. The van der Waals surface area contributed by atoms with E-state index in [1.165, 1.54) is 6.39 Å². The Morgan fingerprint density at radius 2 is 2.21 bits per heavy atom. The molecule has 6 nitrogen and oxygen atoms in total. The molecule has 1 aromatic heterocycles. The minimum atomic E-state index is -0.827.